The van der Waals surface area contributed by atoms with Gasteiger partial charge >= 0.3 is 5.97 Å². The molecule has 1 fully saturated rings. The Bertz CT molecular complexity index is 808. The van der Waals surface area contributed by atoms with Gasteiger partial charge in [0.25, 0.3) is 0 Å². The highest BCUT2D eigenvalue weighted by Crippen LogP contribution is 2.38. The Balaban J connectivity index is 1.43. The lowest BCUT2D eigenvalue weighted by Crippen LogP contribution is -2.40. The molecule has 0 radical (unpaired) electrons. The quantitative estimate of drug-likeness (QED) is 0.867. The summed E-state index contributed by atoms with van der Waals surface area (Å²) in [5.74, 6) is 0.951. The number of hydrogen-bond acceptors (Lipinski definition) is 4. The van der Waals surface area contributed by atoms with Crippen LogP contribution in [0.4, 0.5) is 5.69 Å². The number of carbonyl (C=O) groups is 1. The summed E-state index contributed by atoms with van der Waals surface area (Å²) < 4.78 is 6.15. The third-order valence-electron chi connectivity index (χ3n) is 5.52. The normalized spacial score (nSPS) is 19.6. The standard InChI is InChI=1S/C22H26N2O3/c25-22(26)18-8-5-12-23(15-18)13-6-14-24-16-17-7-1-3-10-20(17)27-21-11-4-2-9-19(21)24/h1-4,7,9-11,18H,5-6,8,12-16H2,(H,25,26). The minimum atomic E-state index is -0.657. The van der Waals surface area contributed by atoms with Gasteiger partial charge in [-0.1, -0.05) is 30.3 Å². The second-order valence-corrected chi connectivity index (χ2v) is 7.43. The lowest BCUT2D eigenvalue weighted by molar-refractivity contribution is -0.143. The number of carboxylic acid groups (broad SMARTS) is 1. The molecule has 0 amide bonds. The van der Waals surface area contributed by atoms with Crippen LogP contribution in [0.1, 0.15) is 24.8 Å². The number of ether oxygens (including phenoxy) is 1. The van der Waals surface area contributed by atoms with Crippen LogP contribution in [0.2, 0.25) is 0 Å². The minimum absolute atomic E-state index is 0.210. The highest BCUT2D eigenvalue weighted by atomic mass is 16.5. The van der Waals surface area contributed by atoms with Gasteiger partial charge in [-0.2, -0.15) is 0 Å². The van der Waals surface area contributed by atoms with Gasteiger partial charge in [-0.3, -0.25) is 4.79 Å². The summed E-state index contributed by atoms with van der Waals surface area (Å²) in [4.78, 5) is 15.9. The van der Waals surface area contributed by atoms with Crippen molar-refractivity contribution in [2.45, 2.75) is 25.8 Å². The highest BCUT2D eigenvalue weighted by Gasteiger charge is 2.25. The number of benzene rings is 2. The number of piperidine rings is 1. The molecule has 0 aliphatic carbocycles. The van der Waals surface area contributed by atoms with E-state index in [0.29, 0.717) is 6.54 Å². The number of likely N-dealkylation sites (tertiary alicyclic amines) is 1. The smallest absolute Gasteiger partial charge is 0.307 e. The molecule has 4 rings (SSSR count). The fourth-order valence-corrected chi connectivity index (χ4v) is 4.09. The van der Waals surface area contributed by atoms with E-state index >= 15 is 0 Å². The zero-order valence-electron chi connectivity index (χ0n) is 15.5. The predicted octanol–water partition coefficient (Wildman–Crippen LogP) is 3.99. The van der Waals surface area contributed by atoms with Crippen LogP contribution in [-0.2, 0) is 11.3 Å². The summed E-state index contributed by atoms with van der Waals surface area (Å²) in [5, 5.41) is 9.27. The van der Waals surface area contributed by atoms with Gasteiger partial charge in [0.1, 0.15) is 5.75 Å². The topological polar surface area (TPSA) is 53.0 Å². The Morgan fingerprint density at radius 3 is 2.70 bits per heavy atom. The van der Waals surface area contributed by atoms with E-state index in [9.17, 15) is 9.90 Å². The lowest BCUT2D eigenvalue weighted by atomic mass is 9.98. The van der Waals surface area contributed by atoms with Crippen LogP contribution in [0, 0.1) is 5.92 Å². The van der Waals surface area contributed by atoms with E-state index in [-0.39, 0.29) is 5.92 Å². The number of aliphatic carboxylic acids is 1. The molecule has 0 bridgehead atoms. The first-order chi connectivity index (χ1) is 13.2. The summed E-state index contributed by atoms with van der Waals surface area (Å²) in [5.41, 5.74) is 2.31. The number of rotatable bonds is 5. The largest absolute Gasteiger partial charge is 0.481 e. The summed E-state index contributed by atoms with van der Waals surface area (Å²) in [6.07, 6.45) is 2.78. The van der Waals surface area contributed by atoms with E-state index in [4.69, 9.17) is 4.74 Å². The first kappa shape index (κ1) is 17.9. The molecule has 2 aromatic rings. The molecule has 0 saturated carbocycles. The van der Waals surface area contributed by atoms with Crippen molar-refractivity contribution in [3.8, 4) is 11.5 Å². The van der Waals surface area contributed by atoms with Gasteiger partial charge in [-0.15, -0.1) is 0 Å². The van der Waals surface area contributed by atoms with Crippen molar-refractivity contribution < 1.29 is 14.6 Å². The van der Waals surface area contributed by atoms with Gasteiger partial charge in [0.2, 0.25) is 0 Å². The van der Waals surface area contributed by atoms with Crippen molar-refractivity contribution in [1.29, 1.82) is 0 Å². The molecule has 2 aliphatic heterocycles. The minimum Gasteiger partial charge on any atom is -0.481 e. The van der Waals surface area contributed by atoms with E-state index in [2.05, 4.69) is 28.0 Å². The summed E-state index contributed by atoms with van der Waals surface area (Å²) in [6.45, 7) is 4.36. The molecular formula is C22H26N2O3. The van der Waals surface area contributed by atoms with Crippen LogP contribution in [0.25, 0.3) is 0 Å². The zero-order valence-corrected chi connectivity index (χ0v) is 15.5. The van der Waals surface area contributed by atoms with E-state index in [1.54, 1.807) is 0 Å². The maximum absolute atomic E-state index is 11.3. The van der Waals surface area contributed by atoms with E-state index < -0.39 is 5.97 Å². The van der Waals surface area contributed by atoms with Gasteiger partial charge < -0.3 is 19.6 Å². The van der Waals surface area contributed by atoms with Crippen molar-refractivity contribution in [2.24, 2.45) is 5.92 Å². The van der Waals surface area contributed by atoms with Gasteiger partial charge in [0.05, 0.1) is 11.6 Å². The molecule has 5 heteroatoms. The molecule has 0 spiro atoms. The van der Waals surface area contributed by atoms with Crippen LogP contribution in [0.5, 0.6) is 11.5 Å². The fourth-order valence-electron chi connectivity index (χ4n) is 4.09. The third-order valence-corrected chi connectivity index (χ3v) is 5.52. The molecule has 1 N–H and O–H groups in total. The Morgan fingerprint density at radius 1 is 1.07 bits per heavy atom. The predicted molar refractivity (Wildman–Crippen MR) is 105 cm³/mol. The Kier molecular flexibility index (Phi) is 5.30. The first-order valence-electron chi connectivity index (χ1n) is 9.75. The molecule has 142 valence electrons. The number of anilines is 1. The summed E-state index contributed by atoms with van der Waals surface area (Å²) in [6, 6.07) is 16.4. The Hall–Kier alpha value is -2.53. The van der Waals surface area contributed by atoms with Crippen molar-refractivity contribution in [2.75, 3.05) is 31.1 Å². The van der Waals surface area contributed by atoms with Gasteiger partial charge in [0, 0.05) is 25.2 Å². The average molecular weight is 366 g/mol. The zero-order chi connectivity index (χ0) is 18.6. The second kappa shape index (κ2) is 8.01. The highest BCUT2D eigenvalue weighted by molar-refractivity contribution is 5.70. The van der Waals surface area contributed by atoms with Crippen LogP contribution in [0.15, 0.2) is 48.5 Å². The monoisotopic (exact) mass is 366 g/mol. The molecule has 2 aliphatic rings. The molecule has 1 unspecified atom stereocenters. The molecule has 2 aromatic carbocycles. The molecule has 2 heterocycles. The van der Waals surface area contributed by atoms with Crippen LogP contribution < -0.4 is 9.64 Å². The van der Waals surface area contributed by atoms with Crippen molar-refractivity contribution in [3.63, 3.8) is 0 Å². The number of carboxylic acids is 1. The second-order valence-electron chi connectivity index (χ2n) is 7.43. The summed E-state index contributed by atoms with van der Waals surface area (Å²) >= 11 is 0. The first-order valence-corrected chi connectivity index (χ1v) is 9.75. The Labute approximate surface area is 160 Å². The average Bonchev–Trinajstić information content (AvgIpc) is 2.85. The number of para-hydroxylation sites is 3. The van der Waals surface area contributed by atoms with Crippen LogP contribution in [0.3, 0.4) is 0 Å². The molecular weight excluding hydrogens is 340 g/mol. The molecule has 0 aromatic heterocycles. The maximum Gasteiger partial charge on any atom is 0.307 e. The SMILES string of the molecule is O=C(O)C1CCCN(CCCN2Cc3ccccc3Oc3ccccc32)C1. The van der Waals surface area contributed by atoms with E-state index in [1.165, 1.54) is 5.56 Å². The molecule has 1 saturated heterocycles. The number of fused-ring (bicyclic) bond motifs is 2. The van der Waals surface area contributed by atoms with Gasteiger partial charge in [-0.25, -0.2) is 0 Å². The van der Waals surface area contributed by atoms with E-state index in [0.717, 1.165) is 62.6 Å². The number of hydrogen-bond donors (Lipinski definition) is 1. The van der Waals surface area contributed by atoms with Crippen LogP contribution >= 0.6 is 0 Å². The number of nitrogens with zero attached hydrogens (tertiary/aromatic N) is 2. The van der Waals surface area contributed by atoms with E-state index in [1.807, 2.05) is 30.3 Å². The van der Waals surface area contributed by atoms with Crippen molar-refractivity contribution >= 4 is 11.7 Å². The maximum atomic E-state index is 11.3. The summed E-state index contributed by atoms with van der Waals surface area (Å²) in [7, 11) is 0. The fraction of sp³-hybridized carbons (Fsp3) is 0.409. The molecule has 1 atom stereocenters. The van der Waals surface area contributed by atoms with Crippen LogP contribution in [-0.4, -0.2) is 42.2 Å². The Morgan fingerprint density at radius 2 is 1.85 bits per heavy atom. The van der Waals surface area contributed by atoms with Gasteiger partial charge in [0.15, 0.2) is 5.75 Å². The van der Waals surface area contributed by atoms with Gasteiger partial charge in [-0.05, 0) is 50.6 Å². The van der Waals surface area contributed by atoms with Crippen molar-refractivity contribution in [3.05, 3.63) is 54.1 Å². The third kappa shape index (κ3) is 4.08. The lowest BCUT2D eigenvalue weighted by Gasteiger charge is -2.31. The van der Waals surface area contributed by atoms with Crippen molar-refractivity contribution in [1.82, 2.24) is 4.90 Å². The molecule has 5 nitrogen and oxygen atoms in total. The molecule has 27 heavy (non-hydrogen) atoms.